The van der Waals surface area contributed by atoms with E-state index in [1.165, 1.54) is 0 Å². The lowest BCUT2D eigenvalue weighted by Crippen LogP contribution is -2.37. The predicted molar refractivity (Wildman–Crippen MR) is 68.3 cm³/mol. The molecule has 0 unspecified atom stereocenters. The number of anilines is 2. The van der Waals surface area contributed by atoms with E-state index in [2.05, 4.69) is 28.7 Å². The van der Waals surface area contributed by atoms with Gasteiger partial charge in [0.2, 0.25) is 0 Å². The highest BCUT2D eigenvalue weighted by atomic mass is 16.5. The third kappa shape index (κ3) is 2.49. The molecule has 0 saturated carbocycles. The van der Waals surface area contributed by atoms with Gasteiger partial charge in [-0.1, -0.05) is 13.8 Å². The van der Waals surface area contributed by atoms with Crippen molar-refractivity contribution in [1.29, 1.82) is 0 Å². The molecule has 1 fully saturated rings. The van der Waals surface area contributed by atoms with Crippen molar-refractivity contribution in [2.24, 2.45) is 0 Å². The second-order valence-corrected chi connectivity index (χ2v) is 4.67. The van der Waals surface area contributed by atoms with Crippen molar-refractivity contribution in [2.75, 3.05) is 36.9 Å². The monoisotopic (exact) mass is 236 g/mol. The Morgan fingerprint density at radius 1 is 1.24 bits per heavy atom. The van der Waals surface area contributed by atoms with Gasteiger partial charge in [-0.05, 0) is 6.92 Å². The fraction of sp³-hybridized carbons (Fsp3) is 0.667. The maximum Gasteiger partial charge on any atom is 0.137 e. The van der Waals surface area contributed by atoms with Crippen LogP contribution >= 0.6 is 0 Å². The van der Waals surface area contributed by atoms with Crippen LogP contribution in [0.25, 0.3) is 0 Å². The van der Waals surface area contributed by atoms with E-state index in [0.29, 0.717) is 5.82 Å². The van der Waals surface area contributed by atoms with E-state index in [0.717, 1.165) is 43.5 Å². The lowest BCUT2D eigenvalue weighted by atomic mass is 10.2. The van der Waals surface area contributed by atoms with Gasteiger partial charge >= 0.3 is 0 Å². The van der Waals surface area contributed by atoms with Crippen molar-refractivity contribution in [3.63, 3.8) is 0 Å². The zero-order valence-electron chi connectivity index (χ0n) is 10.7. The van der Waals surface area contributed by atoms with Crippen molar-refractivity contribution in [1.82, 2.24) is 9.97 Å². The number of nitrogens with two attached hydrogens (primary N) is 1. The molecule has 0 spiro atoms. The fourth-order valence-electron chi connectivity index (χ4n) is 1.88. The molecular formula is C12H20N4O. The van der Waals surface area contributed by atoms with E-state index in [1.54, 1.807) is 0 Å². The summed E-state index contributed by atoms with van der Waals surface area (Å²) >= 11 is 0. The third-order valence-corrected chi connectivity index (χ3v) is 3.00. The molecular weight excluding hydrogens is 216 g/mol. The second-order valence-electron chi connectivity index (χ2n) is 4.67. The van der Waals surface area contributed by atoms with Crippen LogP contribution in [0.15, 0.2) is 0 Å². The first-order valence-corrected chi connectivity index (χ1v) is 6.06. The first-order valence-electron chi connectivity index (χ1n) is 6.06. The molecule has 94 valence electrons. The van der Waals surface area contributed by atoms with Crippen LogP contribution in [0.2, 0.25) is 0 Å². The van der Waals surface area contributed by atoms with Gasteiger partial charge in [-0.2, -0.15) is 0 Å². The molecule has 1 saturated heterocycles. The number of nitrogen functional groups attached to an aromatic ring is 1. The molecule has 0 bridgehead atoms. The number of nitrogens with zero attached hydrogens (tertiary/aromatic N) is 3. The lowest BCUT2D eigenvalue weighted by Gasteiger charge is -2.29. The zero-order valence-corrected chi connectivity index (χ0v) is 10.7. The van der Waals surface area contributed by atoms with E-state index in [9.17, 15) is 0 Å². The maximum absolute atomic E-state index is 5.96. The molecule has 5 heteroatoms. The van der Waals surface area contributed by atoms with Gasteiger partial charge < -0.3 is 15.4 Å². The molecule has 0 radical (unpaired) electrons. The van der Waals surface area contributed by atoms with Crippen molar-refractivity contribution in [3.8, 4) is 0 Å². The van der Waals surface area contributed by atoms with E-state index in [4.69, 9.17) is 10.5 Å². The topological polar surface area (TPSA) is 64.3 Å². The largest absolute Gasteiger partial charge is 0.383 e. The molecule has 1 aromatic heterocycles. The van der Waals surface area contributed by atoms with Gasteiger partial charge in [0.25, 0.3) is 0 Å². The standard InChI is InChI=1S/C12H20N4O/c1-8(2)11-14-10(13)9(3)12(15-11)16-4-6-17-7-5-16/h8H,4-7H2,1-3H3,(H2,13,14,15). The predicted octanol–water partition coefficient (Wildman–Crippen LogP) is 1.33. The van der Waals surface area contributed by atoms with Gasteiger partial charge in [-0.3, -0.25) is 0 Å². The van der Waals surface area contributed by atoms with Gasteiger partial charge in [0.15, 0.2) is 0 Å². The SMILES string of the molecule is Cc1c(N)nc(C(C)C)nc1N1CCOCC1. The third-order valence-electron chi connectivity index (χ3n) is 3.00. The zero-order chi connectivity index (χ0) is 12.4. The molecule has 0 amide bonds. The molecule has 1 aliphatic heterocycles. The quantitative estimate of drug-likeness (QED) is 0.839. The Morgan fingerprint density at radius 2 is 1.88 bits per heavy atom. The highest BCUT2D eigenvalue weighted by Gasteiger charge is 2.18. The normalized spacial score (nSPS) is 16.6. The van der Waals surface area contributed by atoms with Crippen LogP contribution in [-0.4, -0.2) is 36.3 Å². The molecule has 0 atom stereocenters. The number of morpholine rings is 1. The molecule has 1 aromatic rings. The average Bonchev–Trinajstić information content (AvgIpc) is 2.33. The molecule has 2 rings (SSSR count). The second kappa shape index (κ2) is 4.87. The molecule has 17 heavy (non-hydrogen) atoms. The van der Waals surface area contributed by atoms with Crippen LogP contribution in [0, 0.1) is 6.92 Å². The molecule has 0 aromatic carbocycles. The smallest absolute Gasteiger partial charge is 0.137 e. The van der Waals surface area contributed by atoms with Gasteiger partial charge in [-0.25, -0.2) is 9.97 Å². The number of aromatic nitrogens is 2. The Kier molecular flexibility index (Phi) is 3.47. The summed E-state index contributed by atoms with van der Waals surface area (Å²) in [5, 5.41) is 0. The number of rotatable bonds is 2. The van der Waals surface area contributed by atoms with Crippen molar-refractivity contribution < 1.29 is 4.74 Å². The van der Waals surface area contributed by atoms with Crippen LogP contribution in [0.4, 0.5) is 11.6 Å². The number of ether oxygens (including phenoxy) is 1. The maximum atomic E-state index is 5.96. The Labute approximate surface area is 102 Å². The van der Waals surface area contributed by atoms with Gasteiger partial charge in [0, 0.05) is 24.6 Å². The average molecular weight is 236 g/mol. The van der Waals surface area contributed by atoms with Gasteiger partial charge in [-0.15, -0.1) is 0 Å². The minimum atomic E-state index is 0.290. The van der Waals surface area contributed by atoms with Crippen LogP contribution < -0.4 is 10.6 Å². The number of hydrogen-bond donors (Lipinski definition) is 1. The Hall–Kier alpha value is -1.36. The summed E-state index contributed by atoms with van der Waals surface area (Å²) in [5.74, 6) is 2.65. The van der Waals surface area contributed by atoms with E-state index in [-0.39, 0.29) is 5.92 Å². The fourth-order valence-corrected chi connectivity index (χ4v) is 1.88. The minimum Gasteiger partial charge on any atom is -0.383 e. The summed E-state index contributed by atoms with van der Waals surface area (Å²) in [5.41, 5.74) is 6.93. The van der Waals surface area contributed by atoms with Crippen molar-refractivity contribution in [2.45, 2.75) is 26.7 Å². The van der Waals surface area contributed by atoms with Crippen LogP contribution in [0.1, 0.15) is 31.2 Å². The highest BCUT2D eigenvalue weighted by molar-refractivity contribution is 5.56. The van der Waals surface area contributed by atoms with E-state index < -0.39 is 0 Å². The Bertz CT molecular complexity index is 400. The first kappa shape index (κ1) is 12.1. The summed E-state index contributed by atoms with van der Waals surface area (Å²) in [4.78, 5) is 11.2. The molecule has 5 nitrogen and oxygen atoms in total. The Balaban J connectivity index is 2.36. The van der Waals surface area contributed by atoms with Gasteiger partial charge in [0.1, 0.15) is 17.5 Å². The minimum absolute atomic E-state index is 0.290. The molecule has 1 aliphatic rings. The summed E-state index contributed by atoms with van der Waals surface area (Å²) in [6.07, 6.45) is 0. The first-order chi connectivity index (χ1) is 8.09. The van der Waals surface area contributed by atoms with Crippen LogP contribution in [-0.2, 0) is 4.74 Å². The van der Waals surface area contributed by atoms with Gasteiger partial charge in [0.05, 0.1) is 13.2 Å². The number of hydrogen-bond acceptors (Lipinski definition) is 5. The Morgan fingerprint density at radius 3 is 2.47 bits per heavy atom. The van der Waals surface area contributed by atoms with Crippen LogP contribution in [0.3, 0.4) is 0 Å². The highest BCUT2D eigenvalue weighted by Crippen LogP contribution is 2.24. The van der Waals surface area contributed by atoms with E-state index in [1.807, 2.05) is 6.92 Å². The van der Waals surface area contributed by atoms with Crippen molar-refractivity contribution in [3.05, 3.63) is 11.4 Å². The molecule has 2 N–H and O–H groups in total. The summed E-state index contributed by atoms with van der Waals surface area (Å²) in [6, 6.07) is 0. The van der Waals surface area contributed by atoms with E-state index >= 15 is 0 Å². The summed E-state index contributed by atoms with van der Waals surface area (Å²) in [6.45, 7) is 9.37. The lowest BCUT2D eigenvalue weighted by molar-refractivity contribution is 0.122. The summed E-state index contributed by atoms with van der Waals surface area (Å²) in [7, 11) is 0. The molecule has 0 aliphatic carbocycles. The van der Waals surface area contributed by atoms with Crippen molar-refractivity contribution >= 4 is 11.6 Å². The van der Waals surface area contributed by atoms with Crippen LogP contribution in [0.5, 0.6) is 0 Å². The summed E-state index contributed by atoms with van der Waals surface area (Å²) < 4.78 is 5.35. The molecule has 2 heterocycles.